The van der Waals surface area contributed by atoms with Crippen LogP contribution in [0.2, 0.25) is 0 Å². The average Bonchev–Trinajstić information content (AvgIpc) is 2.76. The maximum atomic E-state index is 11.4. The van der Waals surface area contributed by atoms with Crippen molar-refractivity contribution in [3.05, 3.63) is 0 Å². The summed E-state index contributed by atoms with van der Waals surface area (Å²) in [4.78, 5) is 26.3. The highest BCUT2D eigenvalue weighted by molar-refractivity contribution is 6.01. The lowest BCUT2D eigenvalue weighted by atomic mass is 9.96. The van der Waals surface area contributed by atoms with Gasteiger partial charge in [0.2, 0.25) is 5.91 Å². The van der Waals surface area contributed by atoms with E-state index in [0.717, 1.165) is 39.0 Å². The van der Waals surface area contributed by atoms with E-state index < -0.39 is 0 Å². The molecule has 0 bridgehead atoms. The SMILES string of the molecule is C[C@@H](O)CN1CCC(CNCCN2C(=O)CNC2=O)CC1. The lowest BCUT2D eigenvalue weighted by molar-refractivity contribution is -0.124. The van der Waals surface area contributed by atoms with Gasteiger partial charge in [-0.15, -0.1) is 0 Å². The van der Waals surface area contributed by atoms with E-state index in [-0.39, 0.29) is 24.6 Å². The first-order valence-electron chi connectivity index (χ1n) is 7.75. The second-order valence-electron chi connectivity index (χ2n) is 6.00. The average molecular weight is 298 g/mol. The van der Waals surface area contributed by atoms with Crippen LogP contribution in [0.4, 0.5) is 4.79 Å². The Bertz CT molecular complexity index is 351. The molecule has 3 amide bonds. The molecule has 0 spiro atoms. The summed E-state index contributed by atoms with van der Waals surface area (Å²) in [6.45, 7) is 6.77. The molecule has 120 valence electrons. The topological polar surface area (TPSA) is 84.9 Å². The molecule has 2 rings (SSSR count). The normalized spacial score (nSPS) is 22.7. The quantitative estimate of drug-likeness (QED) is 0.424. The Balaban J connectivity index is 1.56. The van der Waals surface area contributed by atoms with Crippen molar-refractivity contribution in [1.82, 2.24) is 20.4 Å². The van der Waals surface area contributed by atoms with Crippen LogP contribution < -0.4 is 10.6 Å². The Kier molecular flexibility index (Phi) is 5.96. The first kappa shape index (κ1) is 16.2. The molecule has 1 atom stereocenters. The molecule has 2 heterocycles. The molecule has 0 aromatic heterocycles. The zero-order chi connectivity index (χ0) is 15.2. The summed E-state index contributed by atoms with van der Waals surface area (Å²) >= 11 is 0. The monoisotopic (exact) mass is 298 g/mol. The maximum absolute atomic E-state index is 11.4. The number of aliphatic hydroxyl groups excluding tert-OH is 1. The standard InChI is InChI=1S/C14H26N4O3/c1-11(19)10-17-5-2-12(3-6-17)8-15-4-7-18-13(20)9-16-14(18)21/h11-12,15,19H,2-10H2,1H3,(H,16,21)/t11-/m1/s1. The number of hydrogen-bond acceptors (Lipinski definition) is 5. The van der Waals surface area contributed by atoms with Gasteiger partial charge in [0.25, 0.3) is 0 Å². The fourth-order valence-corrected chi connectivity index (χ4v) is 2.93. The third-order valence-electron chi connectivity index (χ3n) is 4.11. The van der Waals surface area contributed by atoms with Crippen LogP contribution in [0.3, 0.4) is 0 Å². The van der Waals surface area contributed by atoms with Crippen LogP contribution in [0.15, 0.2) is 0 Å². The maximum Gasteiger partial charge on any atom is 0.324 e. The molecule has 2 fully saturated rings. The number of aliphatic hydroxyl groups is 1. The number of nitrogens with zero attached hydrogens (tertiary/aromatic N) is 2. The molecule has 0 radical (unpaired) electrons. The van der Waals surface area contributed by atoms with Crippen molar-refractivity contribution >= 4 is 11.9 Å². The number of β-amino-alcohol motifs (C(OH)–C–C–N with tert-alkyl or cyclic N) is 1. The van der Waals surface area contributed by atoms with Crippen molar-refractivity contribution in [2.45, 2.75) is 25.9 Å². The fraction of sp³-hybridized carbons (Fsp3) is 0.857. The van der Waals surface area contributed by atoms with E-state index >= 15 is 0 Å². The van der Waals surface area contributed by atoms with Gasteiger partial charge in [0, 0.05) is 19.6 Å². The van der Waals surface area contributed by atoms with Gasteiger partial charge < -0.3 is 20.6 Å². The number of rotatable bonds is 7. The third-order valence-corrected chi connectivity index (χ3v) is 4.11. The summed E-state index contributed by atoms with van der Waals surface area (Å²) in [5, 5.41) is 15.2. The number of imide groups is 1. The molecule has 21 heavy (non-hydrogen) atoms. The third kappa shape index (κ3) is 4.94. The predicted octanol–water partition coefficient (Wildman–Crippen LogP) is -0.779. The van der Waals surface area contributed by atoms with Crippen molar-refractivity contribution in [2.75, 3.05) is 45.8 Å². The van der Waals surface area contributed by atoms with E-state index in [2.05, 4.69) is 15.5 Å². The lowest BCUT2D eigenvalue weighted by Gasteiger charge is -2.32. The van der Waals surface area contributed by atoms with Gasteiger partial charge in [-0.2, -0.15) is 0 Å². The molecule has 7 nitrogen and oxygen atoms in total. The smallest absolute Gasteiger partial charge is 0.324 e. The molecule has 2 aliphatic rings. The van der Waals surface area contributed by atoms with Crippen LogP contribution in [0.25, 0.3) is 0 Å². The van der Waals surface area contributed by atoms with Crippen LogP contribution in [0, 0.1) is 5.92 Å². The van der Waals surface area contributed by atoms with Gasteiger partial charge in [-0.25, -0.2) is 4.79 Å². The molecule has 0 aromatic carbocycles. The highest BCUT2D eigenvalue weighted by Gasteiger charge is 2.27. The number of nitrogens with one attached hydrogen (secondary N) is 2. The van der Waals surface area contributed by atoms with Crippen molar-refractivity contribution in [3.63, 3.8) is 0 Å². The largest absolute Gasteiger partial charge is 0.392 e. The van der Waals surface area contributed by atoms with E-state index in [1.165, 1.54) is 4.90 Å². The lowest BCUT2D eigenvalue weighted by Crippen LogP contribution is -2.42. The van der Waals surface area contributed by atoms with Gasteiger partial charge in [0.15, 0.2) is 0 Å². The minimum Gasteiger partial charge on any atom is -0.392 e. The van der Waals surface area contributed by atoms with Crippen LogP contribution in [0.5, 0.6) is 0 Å². The van der Waals surface area contributed by atoms with Gasteiger partial charge in [-0.1, -0.05) is 0 Å². The molecule has 0 aromatic rings. The molecule has 2 saturated heterocycles. The molecule has 0 aliphatic carbocycles. The van der Waals surface area contributed by atoms with Crippen LogP contribution in [-0.4, -0.2) is 78.8 Å². The molecule has 7 heteroatoms. The van der Waals surface area contributed by atoms with Crippen molar-refractivity contribution < 1.29 is 14.7 Å². The number of amides is 3. The van der Waals surface area contributed by atoms with E-state index in [9.17, 15) is 14.7 Å². The van der Waals surface area contributed by atoms with Crippen LogP contribution >= 0.6 is 0 Å². The molecule has 3 N–H and O–H groups in total. The molecular formula is C14H26N4O3. The minimum atomic E-state index is -0.284. The summed E-state index contributed by atoms with van der Waals surface area (Å²) in [5.74, 6) is 0.492. The van der Waals surface area contributed by atoms with Gasteiger partial charge in [-0.05, 0) is 45.3 Å². The first-order chi connectivity index (χ1) is 10.1. The van der Waals surface area contributed by atoms with E-state index in [0.29, 0.717) is 19.0 Å². The molecule has 0 saturated carbocycles. The fourth-order valence-electron chi connectivity index (χ4n) is 2.93. The summed E-state index contributed by atoms with van der Waals surface area (Å²) < 4.78 is 0. The van der Waals surface area contributed by atoms with E-state index in [4.69, 9.17) is 0 Å². The number of carbonyl (C=O) groups is 2. The molecule has 0 unspecified atom stereocenters. The zero-order valence-corrected chi connectivity index (χ0v) is 12.7. The van der Waals surface area contributed by atoms with Gasteiger partial charge in [0.1, 0.15) is 0 Å². The highest BCUT2D eigenvalue weighted by Crippen LogP contribution is 2.16. The van der Waals surface area contributed by atoms with Crippen LogP contribution in [0.1, 0.15) is 19.8 Å². The number of likely N-dealkylation sites (tertiary alicyclic amines) is 1. The summed E-state index contributed by atoms with van der Waals surface area (Å²) in [7, 11) is 0. The predicted molar refractivity (Wildman–Crippen MR) is 78.8 cm³/mol. The molecule has 2 aliphatic heterocycles. The van der Waals surface area contributed by atoms with Crippen molar-refractivity contribution in [2.24, 2.45) is 5.92 Å². The van der Waals surface area contributed by atoms with Gasteiger partial charge in [-0.3, -0.25) is 9.69 Å². The number of urea groups is 1. The van der Waals surface area contributed by atoms with E-state index in [1.807, 2.05) is 6.92 Å². The minimum absolute atomic E-state index is 0.126. The Hall–Kier alpha value is -1.18. The summed E-state index contributed by atoms with van der Waals surface area (Å²) in [6.07, 6.45) is 2.00. The Morgan fingerprint density at radius 2 is 2.10 bits per heavy atom. The van der Waals surface area contributed by atoms with E-state index in [1.54, 1.807) is 0 Å². The Labute approximate surface area is 125 Å². The highest BCUT2D eigenvalue weighted by atomic mass is 16.3. The summed E-state index contributed by atoms with van der Waals surface area (Å²) in [5.41, 5.74) is 0. The number of carbonyl (C=O) groups excluding carboxylic acids is 2. The van der Waals surface area contributed by atoms with Crippen molar-refractivity contribution in [1.29, 1.82) is 0 Å². The van der Waals surface area contributed by atoms with Crippen LogP contribution in [-0.2, 0) is 4.79 Å². The Morgan fingerprint density at radius 3 is 2.67 bits per heavy atom. The Morgan fingerprint density at radius 1 is 1.38 bits per heavy atom. The number of hydrogen-bond donors (Lipinski definition) is 3. The first-order valence-corrected chi connectivity index (χ1v) is 7.75. The van der Waals surface area contributed by atoms with Crippen molar-refractivity contribution in [3.8, 4) is 0 Å². The number of piperidine rings is 1. The zero-order valence-electron chi connectivity index (χ0n) is 12.7. The van der Waals surface area contributed by atoms with Gasteiger partial charge >= 0.3 is 6.03 Å². The molecular weight excluding hydrogens is 272 g/mol. The second-order valence-corrected chi connectivity index (χ2v) is 6.00. The van der Waals surface area contributed by atoms with Gasteiger partial charge in [0.05, 0.1) is 12.6 Å². The second kappa shape index (κ2) is 7.72. The summed E-state index contributed by atoms with van der Waals surface area (Å²) in [6, 6.07) is -0.284.